The standard InChI is InChI=1S/C15H17NO2S/c1-17-13-3-5-15(6-4-13)19-10-11-7-12(16)9-14(8-11)18-2/h3-9H,10,16H2,1-2H3. The maximum absolute atomic E-state index is 5.84. The molecule has 0 fully saturated rings. The van der Waals surface area contributed by atoms with Crippen LogP contribution in [0.1, 0.15) is 5.56 Å². The van der Waals surface area contributed by atoms with E-state index in [2.05, 4.69) is 0 Å². The Morgan fingerprint density at radius 2 is 1.63 bits per heavy atom. The fourth-order valence-corrected chi connectivity index (χ4v) is 2.55. The van der Waals surface area contributed by atoms with E-state index < -0.39 is 0 Å². The van der Waals surface area contributed by atoms with Crippen molar-refractivity contribution in [1.29, 1.82) is 0 Å². The molecule has 0 aromatic heterocycles. The molecule has 0 heterocycles. The fourth-order valence-electron chi connectivity index (χ4n) is 1.73. The summed E-state index contributed by atoms with van der Waals surface area (Å²) in [6.45, 7) is 0. The van der Waals surface area contributed by atoms with E-state index >= 15 is 0 Å². The quantitative estimate of drug-likeness (QED) is 0.669. The maximum atomic E-state index is 5.84. The lowest BCUT2D eigenvalue weighted by molar-refractivity contribution is 0.414. The summed E-state index contributed by atoms with van der Waals surface area (Å²) in [4.78, 5) is 1.20. The number of methoxy groups -OCH3 is 2. The Balaban J connectivity index is 2.03. The fraction of sp³-hybridized carbons (Fsp3) is 0.200. The van der Waals surface area contributed by atoms with Crippen LogP contribution in [0.5, 0.6) is 11.5 Å². The van der Waals surface area contributed by atoms with Gasteiger partial charge in [0.15, 0.2) is 0 Å². The first-order chi connectivity index (χ1) is 9.21. The normalized spacial score (nSPS) is 10.2. The van der Waals surface area contributed by atoms with Crippen LogP contribution in [0.15, 0.2) is 47.4 Å². The first-order valence-corrected chi connectivity index (χ1v) is 6.90. The predicted molar refractivity (Wildman–Crippen MR) is 80.0 cm³/mol. The molecule has 0 aliphatic heterocycles. The molecule has 100 valence electrons. The zero-order valence-corrected chi connectivity index (χ0v) is 11.9. The SMILES string of the molecule is COc1ccc(SCc2cc(N)cc(OC)c2)cc1. The van der Waals surface area contributed by atoms with E-state index in [1.807, 2.05) is 42.5 Å². The number of nitrogen functional groups attached to an aromatic ring is 1. The number of benzene rings is 2. The maximum Gasteiger partial charge on any atom is 0.121 e. The van der Waals surface area contributed by atoms with Crippen LogP contribution in [-0.4, -0.2) is 14.2 Å². The number of thioether (sulfide) groups is 1. The average molecular weight is 275 g/mol. The Morgan fingerprint density at radius 1 is 0.947 bits per heavy atom. The Kier molecular flexibility index (Phi) is 4.58. The zero-order chi connectivity index (χ0) is 13.7. The third-order valence-corrected chi connectivity index (χ3v) is 3.77. The topological polar surface area (TPSA) is 44.5 Å². The second kappa shape index (κ2) is 6.38. The molecule has 2 rings (SSSR count). The van der Waals surface area contributed by atoms with Gasteiger partial charge < -0.3 is 15.2 Å². The van der Waals surface area contributed by atoms with Gasteiger partial charge >= 0.3 is 0 Å². The Labute approximate surface area is 117 Å². The largest absolute Gasteiger partial charge is 0.497 e. The smallest absolute Gasteiger partial charge is 0.121 e. The monoisotopic (exact) mass is 275 g/mol. The first-order valence-electron chi connectivity index (χ1n) is 5.91. The van der Waals surface area contributed by atoms with Gasteiger partial charge in [0.1, 0.15) is 11.5 Å². The molecule has 4 heteroatoms. The highest BCUT2D eigenvalue weighted by molar-refractivity contribution is 7.98. The van der Waals surface area contributed by atoms with Gasteiger partial charge in [0.2, 0.25) is 0 Å². The van der Waals surface area contributed by atoms with Gasteiger partial charge in [-0.15, -0.1) is 11.8 Å². The highest BCUT2D eigenvalue weighted by Gasteiger charge is 2.01. The molecule has 0 unspecified atom stereocenters. The molecule has 0 saturated heterocycles. The van der Waals surface area contributed by atoms with Gasteiger partial charge in [0.25, 0.3) is 0 Å². The lowest BCUT2D eigenvalue weighted by Gasteiger charge is -2.07. The van der Waals surface area contributed by atoms with Gasteiger partial charge in [-0.1, -0.05) is 0 Å². The van der Waals surface area contributed by atoms with Crippen molar-refractivity contribution in [3.63, 3.8) is 0 Å². The summed E-state index contributed by atoms with van der Waals surface area (Å²) in [7, 11) is 3.32. The number of ether oxygens (including phenoxy) is 2. The molecule has 2 N–H and O–H groups in total. The van der Waals surface area contributed by atoms with Crippen LogP contribution in [0.3, 0.4) is 0 Å². The Hall–Kier alpha value is -1.81. The molecule has 0 bridgehead atoms. The molecule has 19 heavy (non-hydrogen) atoms. The first kappa shape index (κ1) is 13.6. The van der Waals surface area contributed by atoms with Crippen molar-refractivity contribution in [2.24, 2.45) is 0 Å². The van der Waals surface area contributed by atoms with Crippen molar-refractivity contribution >= 4 is 17.4 Å². The Morgan fingerprint density at radius 3 is 2.26 bits per heavy atom. The third kappa shape index (κ3) is 3.83. The third-order valence-electron chi connectivity index (χ3n) is 2.69. The molecule has 0 atom stereocenters. The highest BCUT2D eigenvalue weighted by Crippen LogP contribution is 2.27. The molecule has 0 aliphatic carbocycles. The van der Waals surface area contributed by atoms with Crippen LogP contribution < -0.4 is 15.2 Å². The highest BCUT2D eigenvalue weighted by atomic mass is 32.2. The number of nitrogens with two attached hydrogens (primary N) is 1. The number of rotatable bonds is 5. The van der Waals surface area contributed by atoms with E-state index in [1.165, 1.54) is 4.90 Å². The molecule has 0 saturated carbocycles. The van der Waals surface area contributed by atoms with Crippen LogP contribution in [0.25, 0.3) is 0 Å². The summed E-state index contributed by atoms with van der Waals surface area (Å²) in [6.07, 6.45) is 0. The summed E-state index contributed by atoms with van der Waals surface area (Å²) in [5.41, 5.74) is 7.71. The summed E-state index contributed by atoms with van der Waals surface area (Å²) < 4.78 is 10.3. The minimum atomic E-state index is 0.727. The molecular weight excluding hydrogens is 258 g/mol. The van der Waals surface area contributed by atoms with Gasteiger partial charge in [-0.25, -0.2) is 0 Å². The minimum absolute atomic E-state index is 0.727. The Bertz CT molecular complexity index is 540. The minimum Gasteiger partial charge on any atom is -0.497 e. The van der Waals surface area contributed by atoms with Crippen molar-refractivity contribution in [2.45, 2.75) is 10.6 Å². The van der Waals surface area contributed by atoms with Gasteiger partial charge in [0.05, 0.1) is 14.2 Å². The second-order valence-electron chi connectivity index (χ2n) is 4.08. The molecule has 2 aromatic rings. The van der Waals surface area contributed by atoms with Crippen molar-refractivity contribution in [3.05, 3.63) is 48.0 Å². The van der Waals surface area contributed by atoms with Crippen LogP contribution in [0, 0.1) is 0 Å². The molecule has 0 radical (unpaired) electrons. The van der Waals surface area contributed by atoms with Crippen molar-refractivity contribution in [3.8, 4) is 11.5 Å². The van der Waals surface area contributed by atoms with Crippen LogP contribution in [0.4, 0.5) is 5.69 Å². The van der Waals surface area contributed by atoms with E-state index in [9.17, 15) is 0 Å². The lowest BCUT2D eigenvalue weighted by Crippen LogP contribution is -1.91. The van der Waals surface area contributed by atoms with E-state index in [1.54, 1.807) is 26.0 Å². The van der Waals surface area contributed by atoms with Crippen LogP contribution >= 0.6 is 11.8 Å². The molecule has 2 aromatic carbocycles. The molecule has 0 amide bonds. The molecule has 3 nitrogen and oxygen atoms in total. The molecule has 0 aliphatic rings. The summed E-state index contributed by atoms with van der Waals surface area (Å²) >= 11 is 1.75. The zero-order valence-electron chi connectivity index (χ0n) is 11.1. The van der Waals surface area contributed by atoms with Gasteiger partial charge in [-0.3, -0.25) is 0 Å². The summed E-state index contributed by atoms with van der Waals surface area (Å²) in [6, 6.07) is 13.8. The van der Waals surface area contributed by atoms with Crippen LogP contribution in [0.2, 0.25) is 0 Å². The second-order valence-corrected chi connectivity index (χ2v) is 5.13. The van der Waals surface area contributed by atoms with Crippen LogP contribution in [-0.2, 0) is 5.75 Å². The van der Waals surface area contributed by atoms with E-state index in [4.69, 9.17) is 15.2 Å². The lowest BCUT2D eigenvalue weighted by atomic mass is 10.2. The number of hydrogen-bond acceptors (Lipinski definition) is 4. The van der Waals surface area contributed by atoms with Crippen molar-refractivity contribution in [1.82, 2.24) is 0 Å². The van der Waals surface area contributed by atoms with Gasteiger partial charge in [-0.2, -0.15) is 0 Å². The predicted octanol–water partition coefficient (Wildman–Crippen LogP) is 3.58. The molecule has 0 spiro atoms. The van der Waals surface area contributed by atoms with E-state index in [-0.39, 0.29) is 0 Å². The van der Waals surface area contributed by atoms with Gasteiger partial charge in [-0.05, 0) is 42.0 Å². The number of anilines is 1. The molecular formula is C15H17NO2S. The summed E-state index contributed by atoms with van der Waals surface area (Å²) in [5, 5.41) is 0. The van der Waals surface area contributed by atoms with E-state index in [0.29, 0.717) is 0 Å². The van der Waals surface area contributed by atoms with Crippen molar-refractivity contribution in [2.75, 3.05) is 20.0 Å². The van der Waals surface area contributed by atoms with E-state index in [0.717, 1.165) is 28.5 Å². The van der Waals surface area contributed by atoms with Gasteiger partial charge in [0, 0.05) is 22.4 Å². The number of hydrogen-bond donors (Lipinski definition) is 1. The average Bonchev–Trinajstić information content (AvgIpc) is 2.45. The summed E-state index contributed by atoms with van der Waals surface area (Å²) in [5.74, 6) is 2.52. The van der Waals surface area contributed by atoms with Crippen molar-refractivity contribution < 1.29 is 9.47 Å².